The maximum Gasteiger partial charge on any atom is 0.310 e. The van der Waals surface area contributed by atoms with E-state index in [1.54, 1.807) is 52.0 Å². The summed E-state index contributed by atoms with van der Waals surface area (Å²) in [7, 11) is -4.00. The quantitative estimate of drug-likeness (QED) is 0.477. The number of ether oxygens (including phenoxy) is 2. The number of nitrogens with zero attached hydrogens (tertiary/aromatic N) is 3. The molecular weight excluding hydrogens is 470 g/mol. The average Bonchev–Trinajstić information content (AvgIpc) is 3.11. The van der Waals surface area contributed by atoms with Crippen molar-refractivity contribution in [3.63, 3.8) is 0 Å². The van der Waals surface area contributed by atoms with Crippen LogP contribution in [0.3, 0.4) is 0 Å². The standard InChI is InChI=1S/C25H35N3O6S/c1-7-12-27-23(13-17(2)26-27)35(31,32)28-16-20(10-8-18(3)29)33-22-11-9-19(14-21(22)28)15-24(30)34-25(4,5)6/h9,11,13-14,20H,7-8,10,12,15-16H2,1-6H3/t20-/m0/s1. The fourth-order valence-corrected chi connectivity index (χ4v) is 5.68. The third kappa shape index (κ3) is 6.62. The molecule has 0 fully saturated rings. The number of sulfonamides is 1. The molecule has 0 unspecified atom stereocenters. The molecule has 0 spiro atoms. The molecule has 1 aliphatic rings. The fraction of sp³-hybridized carbons (Fsp3) is 0.560. The normalized spacial score (nSPS) is 15.9. The Morgan fingerprint density at radius 3 is 2.57 bits per heavy atom. The minimum absolute atomic E-state index is 0.000915. The number of anilines is 1. The molecule has 1 aromatic carbocycles. The minimum Gasteiger partial charge on any atom is -0.486 e. The Bertz CT molecular complexity index is 1200. The first-order chi connectivity index (χ1) is 16.3. The van der Waals surface area contributed by atoms with Gasteiger partial charge < -0.3 is 14.3 Å². The third-order valence-corrected chi connectivity index (χ3v) is 7.18. The highest BCUT2D eigenvalue weighted by Crippen LogP contribution is 2.39. The van der Waals surface area contributed by atoms with Crippen LogP contribution < -0.4 is 9.04 Å². The summed E-state index contributed by atoms with van der Waals surface area (Å²) in [5.41, 5.74) is 0.954. The van der Waals surface area contributed by atoms with E-state index in [0.29, 0.717) is 35.7 Å². The van der Waals surface area contributed by atoms with Crippen molar-refractivity contribution in [1.82, 2.24) is 9.78 Å². The number of benzene rings is 1. The van der Waals surface area contributed by atoms with E-state index in [4.69, 9.17) is 9.47 Å². The summed E-state index contributed by atoms with van der Waals surface area (Å²) >= 11 is 0. The smallest absolute Gasteiger partial charge is 0.310 e. The lowest BCUT2D eigenvalue weighted by molar-refractivity contribution is -0.153. The van der Waals surface area contributed by atoms with Gasteiger partial charge in [0.25, 0.3) is 10.0 Å². The maximum absolute atomic E-state index is 13.9. The van der Waals surface area contributed by atoms with E-state index >= 15 is 0 Å². The summed E-state index contributed by atoms with van der Waals surface area (Å²) in [6, 6.07) is 6.62. The molecule has 0 radical (unpaired) electrons. The van der Waals surface area contributed by atoms with Gasteiger partial charge in [-0.2, -0.15) is 13.5 Å². The zero-order valence-corrected chi connectivity index (χ0v) is 22.1. The van der Waals surface area contributed by atoms with E-state index in [9.17, 15) is 18.0 Å². The third-order valence-electron chi connectivity index (χ3n) is 5.40. The molecule has 0 saturated heterocycles. The SMILES string of the molecule is CCCn1nc(C)cc1S(=O)(=O)N1C[C@H](CCC(C)=O)Oc2ccc(CC(=O)OC(C)(C)C)cc21. The fourth-order valence-electron chi connectivity index (χ4n) is 3.97. The van der Waals surface area contributed by atoms with Gasteiger partial charge in [0.2, 0.25) is 0 Å². The highest BCUT2D eigenvalue weighted by Gasteiger charge is 2.37. The number of carbonyl (C=O) groups excluding carboxylic acids is 2. The molecular formula is C25H35N3O6S. The van der Waals surface area contributed by atoms with Crippen molar-refractivity contribution in [2.24, 2.45) is 0 Å². The number of fused-ring (bicyclic) bond motifs is 1. The van der Waals surface area contributed by atoms with Gasteiger partial charge in [0.1, 0.15) is 23.2 Å². The van der Waals surface area contributed by atoms with Crippen molar-refractivity contribution in [2.45, 2.75) is 90.5 Å². The Morgan fingerprint density at radius 1 is 1.23 bits per heavy atom. The van der Waals surface area contributed by atoms with Crippen molar-refractivity contribution < 1.29 is 27.5 Å². The van der Waals surface area contributed by atoms with Crippen LogP contribution in [0.2, 0.25) is 0 Å². The number of Topliss-reactive ketones (excluding diaryl/α,β-unsaturated/α-hetero) is 1. The van der Waals surface area contributed by atoms with Crippen molar-refractivity contribution >= 4 is 27.5 Å². The summed E-state index contributed by atoms with van der Waals surface area (Å²) in [4.78, 5) is 23.9. The van der Waals surface area contributed by atoms with Gasteiger partial charge in [-0.15, -0.1) is 0 Å². The second-order valence-corrected chi connectivity index (χ2v) is 11.7. The Hall–Kier alpha value is -2.88. The maximum atomic E-state index is 13.9. The molecule has 0 aliphatic carbocycles. The minimum atomic E-state index is -4.00. The highest BCUT2D eigenvalue weighted by molar-refractivity contribution is 7.92. The van der Waals surface area contributed by atoms with Crippen LogP contribution in [0, 0.1) is 6.92 Å². The number of esters is 1. The molecule has 35 heavy (non-hydrogen) atoms. The predicted octanol–water partition coefficient (Wildman–Crippen LogP) is 3.81. The molecule has 0 N–H and O–H groups in total. The number of hydrogen-bond donors (Lipinski definition) is 0. The van der Waals surface area contributed by atoms with E-state index in [1.165, 1.54) is 15.9 Å². The number of hydrogen-bond acceptors (Lipinski definition) is 7. The molecule has 1 aliphatic heterocycles. The van der Waals surface area contributed by atoms with Gasteiger partial charge in [0.15, 0.2) is 5.03 Å². The second kappa shape index (κ2) is 10.4. The number of carbonyl (C=O) groups is 2. The lowest BCUT2D eigenvalue weighted by atomic mass is 10.1. The summed E-state index contributed by atoms with van der Waals surface area (Å²) in [6.07, 6.45) is 0.927. The zero-order chi connectivity index (χ0) is 26.0. The summed E-state index contributed by atoms with van der Waals surface area (Å²) in [5.74, 6) is -0.00248. The zero-order valence-electron chi connectivity index (χ0n) is 21.3. The molecule has 0 amide bonds. The monoisotopic (exact) mass is 505 g/mol. The van der Waals surface area contributed by atoms with Crippen LogP contribution in [0.4, 0.5) is 5.69 Å². The van der Waals surface area contributed by atoms with Crippen molar-refractivity contribution in [3.05, 3.63) is 35.5 Å². The lowest BCUT2D eigenvalue weighted by Crippen LogP contribution is -2.44. The first-order valence-corrected chi connectivity index (χ1v) is 13.3. The molecule has 1 atom stereocenters. The molecule has 2 heterocycles. The number of aryl methyl sites for hydroxylation is 2. The van der Waals surface area contributed by atoms with Gasteiger partial charge in [0.05, 0.1) is 24.3 Å². The van der Waals surface area contributed by atoms with E-state index in [1.807, 2.05) is 6.92 Å². The van der Waals surface area contributed by atoms with Crippen LogP contribution in [0.1, 0.15) is 65.1 Å². The number of rotatable bonds is 9. The molecule has 10 heteroatoms. The molecule has 0 bridgehead atoms. The first-order valence-electron chi connectivity index (χ1n) is 11.9. The number of ketones is 1. The average molecular weight is 506 g/mol. The Kier molecular flexibility index (Phi) is 7.93. The summed E-state index contributed by atoms with van der Waals surface area (Å²) in [5, 5.41) is 4.46. The van der Waals surface area contributed by atoms with Crippen LogP contribution in [0.5, 0.6) is 5.75 Å². The molecule has 0 saturated carbocycles. The van der Waals surface area contributed by atoms with Crippen molar-refractivity contribution in [3.8, 4) is 5.75 Å². The van der Waals surface area contributed by atoms with Gasteiger partial charge in [-0.05, 0) is 71.2 Å². The van der Waals surface area contributed by atoms with Crippen LogP contribution in [-0.2, 0) is 37.3 Å². The van der Waals surface area contributed by atoms with Gasteiger partial charge >= 0.3 is 5.97 Å². The second-order valence-electron chi connectivity index (χ2n) is 9.93. The van der Waals surface area contributed by atoms with Gasteiger partial charge in [0, 0.05) is 13.0 Å². The largest absolute Gasteiger partial charge is 0.486 e. The van der Waals surface area contributed by atoms with Crippen molar-refractivity contribution in [2.75, 3.05) is 10.8 Å². The summed E-state index contributed by atoms with van der Waals surface area (Å²) in [6.45, 7) is 11.1. The van der Waals surface area contributed by atoms with Crippen LogP contribution in [0.25, 0.3) is 0 Å². The van der Waals surface area contributed by atoms with Gasteiger partial charge in [-0.3, -0.25) is 13.8 Å². The molecule has 192 valence electrons. The molecule has 1 aromatic heterocycles. The van der Waals surface area contributed by atoms with E-state index in [-0.39, 0.29) is 30.2 Å². The molecule has 3 rings (SSSR count). The first kappa shape index (κ1) is 26.7. The Balaban J connectivity index is 2.02. The van der Waals surface area contributed by atoms with Gasteiger partial charge in [-0.25, -0.2) is 0 Å². The summed E-state index contributed by atoms with van der Waals surface area (Å²) < 4.78 is 42.1. The van der Waals surface area contributed by atoms with E-state index in [0.717, 1.165) is 6.42 Å². The van der Waals surface area contributed by atoms with Gasteiger partial charge in [-0.1, -0.05) is 13.0 Å². The van der Waals surface area contributed by atoms with Crippen molar-refractivity contribution in [1.29, 1.82) is 0 Å². The lowest BCUT2D eigenvalue weighted by Gasteiger charge is -2.35. The topological polar surface area (TPSA) is 108 Å². The Labute approximate surface area is 207 Å². The van der Waals surface area contributed by atoms with Crippen LogP contribution in [-0.4, -0.2) is 48.2 Å². The van der Waals surface area contributed by atoms with Crippen LogP contribution >= 0.6 is 0 Å². The Morgan fingerprint density at radius 2 is 1.94 bits per heavy atom. The highest BCUT2D eigenvalue weighted by atomic mass is 32.2. The number of aromatic nitrogens is 2. The molecule has 9 nitrogen and oxygen atoms in total. The van der Waals surface area contributed by atoms with E-state index < -0.39 is 27.7 Å². The molecule has 2 aromatic rings. The predicted molar refractivity (Wildman–Crippen MR) is 132 cm³/mol. The van der Waals surface area contributed by atoms with E-state index in [2.05, 4.69) is 5.10 Å². The van der Waals surface area contributed by atoms with Crippen LogP contribution in [0.15, 0.2) is 29.3 Å².